The van der Waals surface area contributed by atoms with E-state index < -0.39 is 11.9 Å². The fraction of sp³-hybridized carbons (Fsp3) is 0.0741. The zero-order valence-corrected chi connectivity index (χ0v) is 34.1. The van der Waals surface area contributed by atoms with Gasteiger partial charge in [0.25, 0.3) is 0 Å². The fourth-order valence-electron chi connectivity index (χ4n) is 7.46. The van der Waals surface area contributed by atoms with E-state index in [0.717, 1.165) is 44.9 Å². The molecule has 0 aliphatic rings. The van der Waals surface area contributed by atoms with Crippen molar-refractivity contribution in [3.63, 3.8) is 0 Å². The summed E-state index contributed by atoms with van der Waals surface area (Å²) in [6.45, 7) is 3.92. The third-order valence-corrected chi connectivity index (χ3v) is 10.8. The van der Waals surface area contributed by atoms with Crippen LogP contribution in [0.2, 0.25) is 5.02 Å². The van der Waals surface area contributed by atoms with Crippen molar-refractivity contribution in [2.45, 2.75) is 13.8 Å². The van der Waals surface area contributed by atoms with Crippen molar-refractivity contribution in [2.75, 3.05) is 18.1 Å². The SMILES string of the molecule is CCOC(=O)c1cc(-c2ccccc2Cl)c(C(=O)OCC)cc1-c1ccc(-c2ccc(N(c3ccc(-c4ccccc4)cc3)c3ccc(-c4ccccc4)cc3)cc2)cc1. The number of benzene rings is 8. The smallest absolute Gasteiger partial charge is 0.338 e. The first kappa shape index (κ1) is 39.6. The average molecular weight is 804 g/mol. The Morgan fingerprint density at radius 1 is 0.400 bits per heavy atom. The molecule has 0 heterocycles. The number of rotatable bonds is 12. The van der Waals surface area contributed by atoms with Crippen molar-refractivity contribution >= 4 is 40.6 Å². The van der Waals surface area contributed by atoms with Crippen LogP contribution in [0.1, 0.15) is 34.6 Å². The molecule has 8 aromatic rings. The normalized spacial score (nSPS) is 10.8. The average Bonchev–Trinajstić information content (AvgIpc) is 3.30. The lowest BCUT2D eigenvalue weighted by molar-refractivity contribution is 0.0513. The van der Waals surface area contributed by atoms with Gasteiger partial charge < -0.3 is 14.4 Å². The Hall–Kier alpha value is -7.21. The van der Waals surface area contributed by atoms with E-state index in [1.54, 1.807) is 32.0 Å². The monoisotopic (exact) mass is 803 g/mol. The van der Waals surface area contributed by atoms with E-state index in [4.69, 9.17) is 21.1 Å². The van der Waals surface area contributed by atoms with Gasteiger partial charge in [-0.2, -0.15) is 0 Å². The van der Waals surface area contributed by atoms with Gasteiger partial charge in [0.1, 0.15) is 0 Å². The van der Waals surface area contributed by atoms with Crippen LogP contribution in [0.3, 0.4) is 0 Å². The van der Waals surface area contributed by atoms with Gasteiger partial charge in [0.2, 0.25) is 0 Å². The summed E-state index contributed by atoms with van der Waals surface area (Å²) >= 11 is 6.61. The molecule has 60 heavy (non-hydrogen) atoms. The summed E-state index contributed by atoms with van der Waals surface area (Å²) in [7, 11) is 0. The molecule has 0 amide bonds. The molecule has 0 saturated carbocycles. The molecule has 0 fully saturated rings. The molecule has 0 saturated heterocycles. The van der Waals surface area contributed by atoms with Crippen molar-refractivity contribution in [2.24, 2.45) is 0 Å². The number of hydrogen-bond donors (Lipinski definition) is 0. The van der Waals surface area contributed by atoms with E-state index in [9.17, 15) is 9.59 Å². The van der Waals surface area contributed by atoms with Gasteiger partial charge in [0.15, 0.2) is 0 Å². The van der Waals surface area contributed by atoms with E-state index >= 15 is 0 Å². The molecule has 0 aromatic heterocycles. The van der Waals surface area contributed by atoms with E-state index in [1.165, 1.54) is 11.1 Å². The molecule has 0 aliphatic heterocycles. The highest BCUT2D eigenvalue weighted by molar-refractivity contribution is 6.33. The first-order chi connectivity index (χ1) is 29.4. The second-order valence-electron chi connectivity index (χ2n) is 14.1. The molecule has 294 valence electrons. The quantitative estimate of drug-likeness (QED) is 0.115. The van der Waals surface area contributed by atoms with Gasteiger partial charge in [-0.3, -0.25) is 0 Å². The molecular formula is C54H42ClNO4. The lowest BCUT2D eigenvalue weighted by atomic mass is 9.90. The summed E-state index contributed by atoms with van der Waals surface area (Å²) in [5.41, 5.74) is 12.8. The molecule has 0 bridgehead atoms. The van der Waals surface area contributed by atoms with Gasteiger partial charge in [-0.15, -0.1) is 0 Å². The Kier molecular flexibility index (Phi) is 12.0. The summed E-state index contributed by atoms with van der Waals surface area (Å²) in [4.78, 5) is 29.1. The molecule has 8 rings (SSSR count). The molecule has 0 atom stereocenters. The van der Waals surface area contributed by atoms with Crippen LogP contribution in [-0.4, -0.2) is 25.2 Å². The maximum Gasteiger partial charge on any atom is 0.338 e. The third-order valence-electron chi connectivity index (χ3n) is 10.4. The van der Waals surface area contributed by atoms with Gasteiger partial charge >= 0.3 is 11.9 Å². The Bertz CT molecular complexity index is 2650. The first-order valence-corrected chi connectivity index (χ1v) is 20.4. The lowest BCUT2D eigenvalue weighted by Crippen LogP contribution is -2.12. The topological polar surface area (TPSA) is 55.8 Å². The zero-order valence-electron chi connectivity index (χ0n) is 33.3. The van der Waals surface area contributed by atoms with Gasteiger partial charge in [-0.25, -0.2) is 9.59 Å². The van der Waals surface area contributed by atoms with Crippen LogP contribution in [-0.2, 0) is 9.47 Å². The number of halogens is 1. The summed E-state index contributed by atoms with van der Waals surface area (Å²) < 4.78 is 11.0. The van der Waals surface area contributed by atoms with Gasteiger partial charge in [0.05, 0.1) is 24.3 Å². The zero-order chi connectivity index (χ0) is 41.4. The summed E-state index contributed by atoms with van der Waals surface area (Å²) in [5, 5.41) is 0.450. The number of nitrogens with zero attached hydrogens (tertiary/aromatic N) is 1. The van der Waals surface area contributed by atoms with Crippen molar-refractivity contribution in [3.05, 3.63) is 210 Å². The Balaban J connectivity index is 1.14. The molecule has 0 radical (unpaired) electrons. The molecular weight excluding hydrogens is 762 g/mol. The number of esters is 2. The molecule has 0 spiro atoms. The van der Waals surface area contributed by atoms with E-state index in [1.807, 2.05) is 54.6 Å². The van der Waals surface area contributed by atoms with Crippen LogP contribution < -0.4 is 4.90 Å². The van der Waals surface area contributed by atoms with Crippen LogP contribution in [0.15, 0.2) is 194 Å². The summed E-state index contributed by atoms with van der Waals surface area (Å²) in [5.74, 6) is -1.00. The number of hydrogen-bond acceptors (Lipinski definition) is 5. The maximum atomic E-state index is 13.5. The van der Waals surface area contributed by atoms with Gasteiger partial charge in [-0.05, 0) is 119 Å². The van der Waals surface area contributed by atoms with Crippen LogP contribution in [0.4, 0.5) is 17.1 Å². The predicted molar refractivity (Wildman–Crippen MR) is 245 cm³/mol. The molecule has 0 aliphatic carbocycles. The second kappa shape index (κ2) is 18.2. The van der Waals surface area contributed by atoms with Crippen molar-refractivity contribution in [1.29, 1.82) is 0 Å². The highest BCUT2D eigenvalue weighted by Crippen LogP contribution is 2.40. The Labute approximate surface area is 356 Å². The molecule has 8 aromatic carbocycles. The van der Waals surface area contributed by atoms with Crippen LogP contribution in [0, 0.1) is 0 Å². The minimum absolute atomic E-state index is 0.197. The minimum atomic E-state index is -0.505. The highest BCUT2D eigenvalue weighted by Gasteiger charge is 2.24. The lowest BCUT2D eigenvalue weighted by Gasteiger charge is -2.26. The highest BCUT2D eigenvalue weighted by atomic mass is 35.5. The number of anilines is 3. The predicted octanol–water partition coefficient (Wildman–Crippen LogP) is 14.5. The molecule has 6 heteroatoms. The number of ether oxygens (including phenoxy) is 2. The van der Waals surface area contributed by atoms with Crippen molar-refractivity contribution < 1.29 is 19.1 Å². The van der Waals surface area contributed by atoms with Crippen LogP contribution >= 0.6 is 11.6 Å². The summed E-state index contributed by atoms with van der Waals surface area (Å²) in [6, 6.07) is 65.2. The van der Waals surface area contributed by atoms with Crippen molar-refractivity contribution in [1.82, 2.24) is 0 Å². The second-order valence-corrected chi connectivity index (χ2v) is 14.6. The van der Waals surface area contributed by atoms with E-state index in [2.05, 4.69) is 126 Å². The number of carbonyl (C=O) groups is 2. The standard InChI is InChI=1S/C54H42ClNO4/c1-3-59-53(57)50-36-49(47-17-11-12-18-52(47)55)51(54(58)60-4-2)35-48(50)43-21-19-39(20-22-43)42-27-33-46(34-28-42)56(44-29-23-40(24-30-44)37-13-7-5-8-14-37)45-31-25-41(26-32-45)38-15-9-6-10-16-38/h5-36H,3-4H2,1-2H3. The van der Waals surface area contributed by atoms with E-state index in [-0.39, 0.29) is 13.2 Å². The molecule has 0 unspecified atom stereocenters. The minimum Gasteiger partial charge on any atom is -0.462 e. The Morgan fingerprint density at radius 3 is 1.15 bits per heavy atom. The number of carbonyl (C=O) groups excluding carboxylic acids is 2. The van der Waals surface area contributed by atoms with Gasteiger partial charge in [-0.1, -0.05) is 151 Å². The first-order valence-electron chi connectivity index (χ1n) is 20.0. The Morgan fingerprint density at radius 2 is 0.733 bits per heavy atom. The largest absolute Gasteiger partial charge is 0.462 e. The third kappa shape index (κ3) is 8.49. The summed E-state index contributed by atoms with van der Waals surface area (Å²) in [6.07, 6.45) is 0. The van der Waals surface area contributed by atoms with Crippen LogP contribution in [0.25, 0.3) is 55.6 Å². The van der Waals surface area contributed by atoms with Crippen molar-refractivity contribution in [3.8, 4) is 55.6 Å². The van der Waals surface area contributed by atoms with E-state index in [0.29, 0.717) is 32.8 Å². The molecule has 0 N–H and O–H groups in total. The van der Waals surface area contributed by atoms with Crippen LogP contribution in [0.5, 0.6) is 0 Å². The molecule has 5 nitrogen and oxygen atoms in total. The fourth-order valence-corrected chi connectivity index (χ4v) is 7.69. The maximum absolute atomic E-state index is 13.5. The van der Waals surface area contributed by atoms with Gasteiger partial charge in [0, 0.05) is 27.6 Å².